The van der Waals surface area contributed by atoms with Crippen LogP contribution in [0.25, 0.3) is 0 Å². The van der Waals surface area contributed by atoms with Crippen molar-refractivity contribution in [2.24, 2.45) is 0 Å². The highest BCUT2D eigenvalue weighted by molar-refractivity contribution is 9.09. The van der Waals surface area contributed by atoms with E-state index < -0.39 is 0 Å². The van der Waals surface area contributed by atoms with Crippen molar-refractivity contribution in [2.45, 2.75) is 24.8 Å². The smallest absolute Gasteiger partial charge is 0.103 e. The van der Waals surface area contributed by atoms with Crippen molar-refractivity contribution in [2.75, 3.05) is 0 Å². The highest BCUT2D eigenvalue weighted by atomic mass is 79.9. The maximum atomic E-state index is 3.54. The second-order valence-electron chi connectivity index (χ2n) is 2.64. The molecule has 10 heavy (non-hydrogen) atoms. The molecule has 0 aromatic heterocycles. The fourth-order valence-corrected chi connectivity index (χ4v) is 1.73. The molecule has 0 fully saturated rings. The van der Waals surface area contributed by atoms with Gasteiger partial charge in [0.05, 0.1) is 0 Å². The molecule has 0 aromatic carbocycles. The maximum absolute atomic E-state index is 3.54. The van der Waals surface area contributed by atoms with Crippen LogP contribution < -0.4 is 0 Å². The van der Waals surface area contributed by atoms with Gasteiger partial charge >= 0.3 is 0 Å². The zero-order valence-electron chi connectivity index (χ0n) is 6.29. The van der Waals surface area contributed by atoms with Gasteiger partial charge < -0.3 is 4.90 Å². The summed E-state index contributed by atoms with van der Waals surface area (Å²) in [6.07, 6.45) is 8.33. The molecule has 1 heterocycles. The van der Waals surface area contributed by atoms with E-state index in [4.69, 9.17) is 0 Å². The van der Waals surface area contributed by atoms with Crippen molar-refractivity contribution in [3.8, 4) is 0 Å². The van der Waals surface area contributed by atoms with E-state index in [-0.39, 0.29) is 0 Å². The summed E-state index contributed by atoms with van der Waals surface area (Å²) >= 11 is 3.54. The van der Waals surface area contributed by atoms with Gasteiger partial charge in [-0.05, 0) is 19.9 Å². The third kappa shape index (κ3) is 1.63. The maximum Gasteiger partial charge on any atom is 0.103 e. The lowest BCUT2D eigenvalue weighted by Gasteiger charge is -2.29. The Kier molecular flexibility index (Phi) is 2.55. The van der Waals surface area contributed by atoms with Crippen molar-refractivity contribution in [3.05, 3.63) is 24.4 Å². The molecule has 0 N–H and O–H groups in total. The van der Waals surface area contributed by atoms with Crippen LogP contribution in [0, 0.1) is 0 Å². The van der Waals surface area contributed by atoms with E-state index in [0.29, 0.717) is 11.0 Å². The first kappa shape index (κ1) is 7.86. The summed E-state index contributed by atoms with van der Waals surface area (Å²) in [5.41, 5.74) is 0. The van der Waals surface area contributed by atoms with Crippen molar-refractivity contribution >= 4 is 15.9 Å². The minimum atomic E-state index is 0.373. The fourth-order valence-electron chi connectivity index (χ4n) is 0.943. The molecular weight excluding hydrogens is 190 g/mol. The molecule has 56 valence electrons. The fraction of sp³-hybridized carbons (Fsp3) is 0.500. The highest BCUT2D eigenvalue weighted by Gasteiger charge is 2.12. The topological polar surface area (TPSA) is 3.24 Å². The molecule has 1 atom stereocenters. The summed E-state index contributed by atoms with van der Waals surface area (Å²) in [6.45, 7) is 4.36. The number of hydrogen-bond donors (Lipinski definition) is 0. The summed E-state index contributed by atoms with van der Waals surface area (Å²) in [6, 6.07) is 0.561. The van der Waals surface area contributed by atoms with E-state index >= 15 is 0 Å². The Morgan fingerprint density at radius 1 is 1.40 bits per heavy atom. The molecular formula is C8H12BrN. The molecule has 1 nitrogen and oxygen atoms in total. The summed E-state index contributed by atoms with van der Waals surface area (Å²) < 4.78 is 0. The first-order chi connectivity index (χ1) is 4.72. The lowest BCUT2D eigenvalue weighted by atomic mass is 10.3. The van der Waals surface area contributed by atoms with Gasteiger partial charge in [0, 0.05) is 12.2 Å². The predicted molar refractivity (Wildman–Crippen MR) is 48.0 cm³/mol. The van der Waals surface area contributed by atoms with Crippen LogP contribution in [0.3, 0.4) is 0 Å². The molecule has 0 bridgehead atoms. The molecule has 0 amide bonds. The van der Waals surface area contributed by atoms with E-state index in [1.54, 1.807) is 0 Å². The van der Waals surface area contributed by atoms with Gasteiger partial charge in [0.25, 0.3) is 0 Å². The molecule has 0 spiro atoms. The van der Waals surface area contributed by atoms with Gasteiger partial charge in [-0.3, -0.25) is 0 Å². The number of alkyl halides is 1. The minimum absolute atomic E-state index is 0.373. The van der Waals surface area contributed by atoms with Gasteiger partial charge in [-0.2, -0.15) is 0 Å². The summed E-state index contributed by atoms with van der Waals surface area (Å²) in [5.74, 6) is 0. The average Bonchev–Trinajstić information content (AvgIpc) is 1.88. The zero-order valence-corrected chi connectivity index (χ0v) is 7.88. The number of hydrogen-bond acceptors (Lipinski definition) is 1. The Balaban J connectivity index is 2.61. The number of halogens is 1. The SMILES string of the molecule is CC(C)N1C=CC=CC1Br. The Morgan fingerprint density at radius 2 is 2.10 bits per heavy atom. The van der Waals surface area contributed by atoms with E-state index in [9.17, 15) is 0 Å². The Bertz CT molecular complexity index is 161. The van der Waals surface area contributed by atoms with Gasteiger partial charge in [-0.1, -0.05) is 28.1 Å². The number of nitrogens with zero attached hydrogens (tertiary/aromatic N) is 1. The average molecular weight is 202 g/mol. The number of rotatable bonds is 1. The van der Waals surface area contributed by atoms with Gasteiger partial charge in [0.15, 0.2) is 0 Å². The largest absolute Gasteiger partial charge is 0.359 e. The summed E-state index contributed by atoms with van der Waals surface area (Å²) in [7, 11) is 0. The monoisotopic (exact) mass is 201 g/mol. The quantitative estimate of drug-likeness (QED) is 0.466. The van der Waals surface area contributed by atoms with Gasteiger partial charge in [-0.15, -0.1) is 0 Å². The molecule has 0 saturated carbocycles. The van der Waals surface area contributed by atoms with Crippen molar-refractivity contribution in [1.82, 2.24) is 4.90 Å². The third-order valence-corrected chi connectivity index (χ3v) is 2.30. The van der Waals surface area contributed by atoms with Crippen LogP contribution in [0.2, 0.25) is 0 Å². The minimum Gasteiger partial charge on any atom is -0.359 e. The zero-order chi connectivity index (χ0) is 7.56. The van der Waals surface area contributed by atoms with Gasteiger partial charge in [0.2, 0.25) is 0 Å². The number of allylic oxidation sites excluding steroid dienone is 2. The van der Waals surface area contributed by atoms with Crippen LogP contribution in [0.15, 0.2) is 24.4 Å². The summed E-state index contributed by atoms with van der Waals surface area (Å²) in [5, 5.41) is 0. The Hall–Kier alpha value is -0.240. The van der Waals surface area contributed by atoms with Crippen molar-refractivity contribution < 1.29 is 0 Å². The molecule has 0 radical (unpaired) electrons. The van der Waals surface area contributed by atoms with Crippen molar-refractivity contribution in [3.63, 3.8) is 0 Å². The predicted octanol–water partition coefficient (Wildman–Crippen LogP) is 2.50. The van der Waals surface area contributed by atoms with E-state index in [1.165, 1.54) is 0 Å². The molecule has 1 aliphatic rings. The lowest BCUT2D eigenvalue weighted by molar-refractivity contribution is 0.323. The van der Waals surface area contributed by atoms with Crippen LogP contribution in [0.1, 0.15) is 13.8 Å². The first-order valence-electron chi connectivity index (χ1n) is 3.48. The first-order valence-corrected chi connectivity index (χ1v) is 4.40. The van der Waals surface area contributed by atoms with Crippen LogP contribution in [-0.2, 0) is 0 Å². The van der Waals surface area contributed by atoms with Crippen LogP contribution >= 0.6 is 15.9 Å². The van der Waals surface area contributed by atoms with Gasteiger partial charge in [0.1, 0.15) is 4.95 Å². The Morgan fingerprint density at radius 3 is 2.50 bits per heavy atom. The van der Waals surface area contributed by atoms with Crippen LogP contribution in [0.4, 0.5) is 0 Å². The molecule has 0 saturated heterocycles. The molecule has 1 aliphatic heterocycles. The standard InChI is InChI=1S/C8H12BrN/c1-7(2)10-6-4-3-5-8(10)9/h3-8H,1-2H3. The molecule has 1 rings (SSSR count). The van der Waals surface area contributed by atoms with E-state index in [1.807, 2.05) is 0 Å². The second-order valence-corrected chi connectivity index (χ2v) is 3.58. The van der Waals surface area contributed by atoms with E-state index in [2.05, 4.69) is 59.1 Å². The van der Waals surface area contributed by atoms with Crippen molar-refractivity contribution in [1.29, 1.82) is 0 Å². The summed E-state index contributed by atoms with van der Waals surface area (Å²) in [4.78, 5) is 2.62. The molecule has 1 unspecified atom stereocenters. The molecule has 0 aliphatic carbocycles. The van der Waals surface area contributed by atoms with Gasteiger partial charge in [-0.25, -0.2) is 0 Å². The third-order valence-electron chi connectivity index (χ3n) is 1.52. The normalized spacial score (nSPS) is 24.4. The second kappa shape index (κ2) is 3.24. The van der Waals surface area contributed by atoms with Crippen LogP contribution in [0.5, 0.6) is 0 Å². The lowest BCUT2D eigenvalue weighted by Crippen LogP contribution is -2.31. The molecule has 0 aromatic rings. The molecule has 2 heteroatoms. The highest BCUT2D eigenvalue weighted by Crippen LogP contribution is 2.16. The Labute approximate surface area is 70.5 Å². The van der Waals surface area contributed by atoms with E-state index in [0.717, 1.165) is 0 Å². The van der Waals surface area contributed by atoms with Crippen LogP contribution in [-0.4, -0.2) is 15.9 Å².